The van der Waals surface area contributed by atoms with Gasteiger partial charge in [0.15, 0.2) is 0 Å². The molecule has 2 nitrogen and oxygen atoms in total. The minimum atomic E-state index is -0.304. The van der Waals surface area contributed by atoms with E-state index >= 15 is 0 Å². The minimum absolute atomic E-state index is 0.185. The fraction of sp³-hybridized carbons (Fsp3) is 0.900. The molecule has 0 unspecified atom stereocenters. The van der Waals surface area contributed by atoms with Gasteiger partial charge in [-0.1, -0.05) is 6.92 Å². The first-order valence-corrected chi connectivity index (χ1v) is 4.57. The lowest BCUT2D eigenvalue weighted by Gasteiger charge is -2.26. The van der Waals surface area contributed by atoms with E-state index < -0.39 is 0 Å². The van der Waals surface area contributed by atoms with Gasteiger partial charge in [-0.3, -0.25) is 4.79 Å². The van der Waals surface area contributed by atoms with Crippen LogP contribution < -0.4 is 0 Å². The Labute approximate surface area is 75.3 Å². The van der Waals surface area contributed by atoms with Gasteiger partial charge < -0.3 is 4.74 Å². The highest BCUT2D eigenvalue weighted by atomic mass is 16.5. The lowest BCUT2D eigenvalue weighted by molar-refractivity contribution is -0.127. The molecule has 0 aromatic heterocycles. The van der Waals surface area contributed by atoms with Gasteiger partial charge in [-0.25, -0.2) is 0 Å². The molecule has 0 aromatic rings. The number of rotatable bonds is 5. The summed E-state index contributed by atoms with van der Waals surface area (Å²) in [4.78, 5) is 11.1. The Bertz CT molecular complexity index is 148. The second-order valence-electron chi connectivity index (χ2n) is 4.00. The van der Waals surface area contributed by atoms with E-state index in [1.54, 1.807) is 0 Å². The summed E-state index contributed by atoms with van der Waals surface area (Å²) < 4.78 is 5.59. The van der Waals surface area contributed by atoms with Crippen molar-refractivity contribution in [3.63, 3.8) is 0 Å². The fourth-order valence-electron chi connectivity index (χ4n) is 1.28. The predicted molar refractivity (Wildman–Crippen MR) is 50.2 cm³/mol. The van der Waals surface area contributed by atoms with Crippen molar-refractivity contribution in [2.24, 2.45) is 0 Å². The van der Waals surface area contributed by atoms with E-state index in [1.165, 1.54) is 0 Å². The molecule has 0 atom stereocenters. The largest absolute Gasteiger partial charge is 0.372 e. The van der Waals surface area contributed by atoms with Crippen LogP contribution in [0.5, 0.6) is 0 Å². The standard InChI is InChI=1S/C10H20O2/c1-6-9(11)7-10(4,5)12-8(2)3/h8H,6-7H2,1-5H3. The molecule has 0 N–H and O–H groups in total. The molecule has 0 radical (unpaired) electrons. The van der Waals surface area contributed by atoms with Crippen molar-refractivity contribution in [2.75, 3.05) is 0 Å². The number of hydrogen-bond donors (Lipinski definition) is 0. The van der Waals surface area contributed by atoms with Gasteiger partial charge in [-0.15, -0.1) is 0 Å². The summed E-state index contributed by atoms with van der Waals surface area (Å²) in [5.41, 5.74) is -0.304. The van der Waals surface area contributed by atoms with Crippen molar-refractivity contribution in [1.29, 1.82) is 0 Å². The molecular formula is C10H20O2. The molecule has 2 heteroatoms. The number of carbonyl (C=O) groups is 1. The van der Waals surface area contributed by atoms with Gasteiger partial charge in [0.25, 0.3) is 0 Å². The van der Waals surface area contributed by atoms with Crippen molar-refractivity contribution in [1.82, 2.24) is 0 Å². The highest BCUT2D eigenvalue weighted by Gasteiger charge is 2.22. The van der Waals surface area contributed by atoms with E-state index in [0.717, 1.165) is 0 Å². The van der Waals surface area contributed by atoms with E-state index in [-0.39, 0.29) is 17.5 Å². The monoisotopic (exact) mass is 172 g/mol. The van der Waals surface area contributed by atoms with Crippen LogP contribution >= 0.6 is 0 Å². The van der Waals surface area contributed by atoms with Gasteiger partial charge >= 0.3 is 0 Å². The van der Waals surface area contributed by atoms with Crippen molar-refractivity contribution >= 4 is 5.78 Å². The Balaban J connectivity index is 3.94. The van der Waals surface area contributed by atoms with Crippen LogP contribution in [0.4, 0.5) is 0 Å². The van der Waals surface area contributed by atoms with E-state index in [0.29, 0.717) is 12.8 Å². The molecule has 0 aliphatic rings. The molecule has 0 fully saturated rings. The summed E-state index contributed by atoms with van der Waals surface area (Å²) in [5.74, 6) is 0.264. The number of carbonyl (C=O) groups excluding carboxylic acids is 1. The Kier molecular flexibility index (Phi) is 4.46. The molecule has 0 aliphatic heterocycles. The second-order valence-corrected chi connectivity index (χ2v) is 4.00. The zero-order chi connectivity index (χ0) is 9.78. The topological polar surface area (TPSA) is 26.3 Å². The van der Waals surface area contributed by atoms with Gasteiger partial charge in [0.05, 0.1) is 11.7 Å². The lowest BCUT2D eigenvalue weighted by atomic mass is 10.0. The molecule has 0 amide bonds. The third kappa shape index (κ3) is 5.30. The maximum atomic E-state index is 11.1. The van der Waals surface area contributed by atoms with Crippen LogP contribution in [0.1, 0.15) is 47.5 Å². The maximum Gasteiger partial charge on any atom is 0.135 e. The molecule has 0 spiro atoms. The molecule has 0 aromatic carbocycles. The number of ether oxygens (including phenoxy) is 1. The molecule has 0 saturated heterocycles. The van der Waals surface area contributed by atoms with Gasteiger partial charge in [0.2, 0.25) is 0 Å². The highest BCUT2D eigenvalue weighted by Crippen LogP contribution is 2.17. The first kappa shape index (κ1) is 11.6. The number of ketones is 1. The van der Waals surface area contributed by atoms with Crippen LogP contribution in [0, 0.1) is 0 Å². The molecule has 0 bridgehead atoms. The van der Waals surface area contributed by atoms with E-state index in [9.17, 15) is 4.79 Å². The van der Waals surface area contributed by atoms with Crippen LogP contribution in [0.2, 0.25) is 0 Å². The zero-order valence-electron chi connectivity index (χ0n) is 8.81. The van der Waals surface area contributed by atoms with Gasteiger partial charge in [-0.05, 0) is 27.7 Å². The summed E-state index contributed by atoms with van der Waals surface area (Å²) in [6, 6.07) is 0. The summed E-state index contributed by atoms with van der Waals surface area (Å²) in [6.07, 6.45) is 1.30. The lowest BCUT2D eigenvalue weighted by Crippen LogP contribution is -2.30. The van der Waals surface area contributed by atoms with Crippen LogP contribution in [0.25, 0.3) is 0 Å². The second kappa shape index (κ2) is 4.61. The SMILES string of the molecule is CCC(=O)CC(C)(C)OC(C)C. The van der Waals surface area contributed by atoms with E-state index in [2.05, 4.69) is 0 Å². The highest BCUT2D eigenvalue weighted by molar-refractivity contribution is 5.78. The van der Waals surface area contributed by atoms with Crippen LogP contribution in [-0.4, -0.2) is 17.5 Å². The smallest absolute Gasteiger partial charge is 0.135 e. The third-order valence-electron chi connectivity index (χ3n) is 1.57. The van der Waals surface area contributed by atoms with Gasteiger partial charge in [0, 0.05) is 12.8 Å². The molecule has 72 valence electrons. The summed E-state index contributed by atoms with van der Waals surface area (Å²) in [6.45, 7) is 9.77. The Morgan fingerprint density at radius 3 is 2.25 bits per heavy atom. The van der Waals surface area contributed by atoms with Crippen molar-refractivity contribution in [2.45, 2.75) is 59.2 Å². The Hall–Kier alpha value is -0.370. The van der Waals surface area contributed by atoms with E-state index in [4.69, 9.17) is 4.74 Å². The van der Waals surface area contributed by atoms with Crippen LogP contribution in [0.3, 0.4) is 0 Å². The molecule has 0 heterocycles. The molecule has 0 rings (SSSR count). The zero-order valence-corrected chi connectivity index (χ0v) is 8.81. The quantitative estimate of drug-likeness (QED) is 0.637. The van der Waals surface area contributed by atoms with Gasteiger partial charge in [0.1, 0.15) is 5.78 Å². The molecular weight excluding hydrogens is 152 g/mol. The maximum absolute atomic E-state index is 11.1. The summed E-state index contributed by atoms with van der Waals surface area (Å²) in [5, 5.41) is 0. The third-order valence-corrected chi connectivity index (χ3v) is 1.57. The van der Waals surface area contributed by atoms with Crippen LogP contribution in [-0.2, 0) is 9.53 Å². The number of hydrogen-bond acceptors (Lipinski definition) is 2. The van der Waals surface area contributed by atoms with Crippen molar-refractivity contribution in [3.05, 3.63) is 0 Å². The van der Waals surface area contributed by atoms with E-state index in [1.807, 2.05) is 34.6 Å². The molecule has 12 heavy (non-hydrogen) atoms. The van der Waals surface area contributed by atoms with Gasteiger partial charge in [-0.2, -0.15) is 0 Å². The molecule has 0 saturated carbocycles. The minimum Gasteiger partial charge on any atom is -0.372 e. The summed E-state index contributed by atoms with van der Waals surface area (Å²) in [7, 11) is 0. The Morgan fingerprint density at radius 2 is 1.92 bits per heavy atom. The average molecular weight is 172 g/mol. The first-order valence-electron chi connectivity index (χ1n) is 4.57. The van der Waals surface area contributed by atoms with Crippen LogP contribution in [0.15, 0.2) is 0 Å². The normalized spacial score (nSPS) is 12.2. The summed E-state index contributed by atoms with van der Waals surface area (Å²) >= 11 is 0. The van der Waals surface area contributed by atoms with Crippen molar-refractivity contribution in [3.8, 4) is 0 Å². The predicted octanol–water partition coefficient (Wildman–Crippen LogP) is 2.56. The van der Waals surface area contributed by atoms with Crippen molar-refractivity contribution < 1.29 is 9.53 Å². The number of Topliss-reactive ketones (excluding diaryl/α,β-unsaturated/α-hetero) is 1. The first-order chi connectivity index (χ1) is 5.37. The molecule has 0 aliphatic carbocycles. The Morgan fingerprint density at radius 1 is 1.42 bits per heavy atom. The average Bonchev–Trinajstić information content (AvgIpc) is 1.83. The fourth-order valence-corrected chi connectivity index (χ4v) is 1.28.